The van der Waals surface area contributed by atoms with E-state index >= 15 is 0 Å². The fourth-order valence-corrected chi connectivity index (χ4v) is 4.99. The Morgan fingerprint density at radius 1 is 1.08 bits per heavy atom. The SMILES string of the molecule is COc1ccc(N2CCN(C(=O)C[C@H]3C[C@@H]4CC[C@@H]3C4)CC2)cc1. The summed E-state index contributed by atoms with van der Waals surface area (Å²) in [6.45, 7) is 3.56. The first kappa shape index (κ1) is 15.8. The van der Waals surface area contributed by atoms with Crippen molar-refractivity contribution in [1.29, 1.82) is 0 Å². The van der Waals surface area contributed by atoms with E-state index in [1.54, 1.807) is 7.11 Å². The normalized spacial score (nSPS) is 29.1. The summed E-state index contributed by atoms with van der Waals surface area (Å²) in [5.74, 6) is 3.73. The Balaban J connectivity index is 1.28. The van der Waals surface area contributed by atoms with Crippen LogP contribution in [0.2, 0.25) is 0 Å². The quantitative estimate of drug-likeness (QED) is 0.851. The van der Waals surface area contributed by atoms with E-state index < -0.39 is 0 Å². The van der Waals surface area contributed by atoms with Gasteiger partial charge in [0, 0.05) is 38.3 Å². The lowest BCUT2D eigenvalue weighted by Crippen LogP contribution is -2.49. The van der Waals surface area contributed by atoms with Crippen LogP contribution in [-0.4, -0.2) is 44.1 Å². The minimum atomic E-state index is 0.391. The van der Waals surface area contributed by atoms with Crippen LogP contribution in [0.1, 0.15) is 32.1 Å². The number of nitrogens with zero attached hydrogens (tertiary/aromatic N) is 2. The first-order valence-corrected chi connectivity index (χ1v) is 9.39. The number of amides is 1. The summed E-state index contributed by atoms with van der Waals surface area (Å²) < 4.78 is 5.22. The Morgan fingerprint density at radius 3 is 2.42 bits per heavy atom. The first-order valence-electron chi connectivity index (χ1n) is 9.39. The molecule has 1 amide bonds. The lowest BCUT2D eigenvalue weighted by atomic mass is 9.86. The zero-order valence-corrected chi connectivity index (χ0v) is 14.6. The molecule has 3 fully saturated rings. The topological polar surface area (TPSA) is 32.8 Å². The van der Waals surface area contributed by atoms with Crippen LogP contribution in [0.25, 0.3) is 0 Å². The Hall–Kier alpha value is -1.71. The molecular formula is C20H28N2O2. The minimum Gasteiger partial charge on any atom is -0.497 e. The molecule has 130 valence electrons. The maximum atomic E-state index is 12.6. The van der Waals surface area contributed by atoms with Crippen LogP contribution in [0.15, 0.2) is 24.3 Å². The maximum absolute atomic E-state index is 12.6. The molecule has 2 bridgehead atoms. The van der Waals surface area contributed by atoms with Gasteiger partial charge in [-0.25, -0.2) is 0 Å². The monoisotopic (exact) mass is 328 g/mol. The summed E-state index contributed by atoms with van der Waals surface area (Å²) in [7, 11) is 1.69. The average molecular weight is 328 g/mol. The van der Waals surface area contributed by atoms with E-state index in [0.717, 1.165) is 50.2 Å². The molecule has 1 aromatic rings. The van der Waals surface area contributed by atoms with Crippen molar-refractivity contribution in [1.82, 2.24) is 4.90 Å². The predicted molar refractivity (Wildman–Crippen MR) is 95.3 cm³/mol. The molecule has 0 unspecified atom stereocenters. The zero-order chi connectivity index (χ0) is 16.5. The van der Waals surface area contributed by atoms with Gasteiger partial charge in [0.05, 0.1) is 7.11 Å². The van der Waals surface area contributed by atoms with Gasteiger partial charge in [0.25, 0.3) is 0 Å². The molecule has 0 radical (unpaired) electrons. The number of ether oxygens (including phenoxy) is 1. The van der Waals surface area contributed by atoms with Crippen LogP contribution in [0.3, 0.4) is 0 Å². The molecule has 0 spiro atoms. The highest BCUT2D eigenvalue weighted by molar-refractivity contribution is 5.77. The largest absolute Gasteiger partial charge is 0.497 e. The van der Waals surface area contributed by atoms with Crippen molar-refractivity contribution in [2.24, 2.45) is 17.8 Å². The molecule has 24 heavy (non-hydrogen) atoms. The Morgan fingerprint density at radius 2 is 1.83 bits per heavy atom. The molecule has 0 aromatic heterocycles. The van der Waals surface area contributed by atoms with Gasteiger partial charge in [-0.15, -0.1) is 0 Å². The second kappa shape index (κ2) is 6.66. The number of piperazine rings is 1. The highest BCUT2D eigenvalue weighted by Gasteiger charge is 2.40. The fraction of sp³-hybridized carbons (Fsp3) is 0.650. The summed E-state index contributed by atoms with van der Waals surface area (Å²) in [5, 5.41) is 0. The van der Waals surface area contributed by atoms with E-state index in [1.165, 1.54) is 31.4 Å². The van der Waals surface area contributed by atoms with Gasteiger partial charge in [0.1, 0.15) is 5.75 Å². The number of carbonyl (C=O) groups excluding carboxylic acids is 1. The van der Waals surface area contributed by atoms with Crippen molar-refractivity contribution < 1.29 is 9.53 Å². The number of fused-ring (bicyclic) bond motifs is 2. The number of benzene rings is 1. The summed E-state index contributed by atoms with van der Waals surface area (Å²) in [5.41, 5.74) is 1.22. The van der Waals surface area contributed by atoms with Crippen LogP contribution in [0, 0.1) is 17.8 Å². The molecule has 1 aromatic carbocycles. The third kappa shape index (κ3) is 3.11. The van der Waals surface area contributed by atoms with Gasteiger partial charge >= 0.3 is 0 Å². The Bertz CT molecular complexity index is 578. The molecule has 4 nitrogen and oxygen atoms in total. The van der Waals surface area contributed by atoms with Crippen molar-refractivity contribution in [2.45, 2.75) is 32.1 Å². The van der Waals surface area contributed by atoms with Crippen molar-refractivity contribution in [3.8, 4) is 5.75 Å². The first-order chi connectivity index (χ1) is 11.7. The van der Waals surface area contributed by atoms with Gasteiger partial charge in [0.2, 0.25) is 5.91 Å². The molecule has 1 heterocycles. The van der Waals surface area contributed by atoms with Gasteiger partial charge in [0.15, 0.2) is 0 Å². The highest BCUT2D eigenvalue weighted by Crippen LogP contribution is 2.49. The average Bonchev–Trinajstić information content (AvgIpc) is 3.25. The van der Waals surface area contributed by atoms with E-state index in [0.29, 0.717) is 11.8 Å². The van der Waals surface area contributed by atoms with Gasteiger partial charge < -0.3 is 14.5 Å². The fourth-order valence-electron chi connectivity index (χ4n) is 4.99. The highest BCUT2D eigenvalue weighted by atomic mass is 16.5. The lowest BCUT2D eigenvalue weighted by molar-refractivity contribution is -0.132. The van der Waals surface area contributed by atoms with E-state index in [4.69, 9.17) is 4.74 Å². The maximum Gasteiger partial charge on any atom is 0.222 e. The molecule has 0 N–H and O–H groups in total. The zero-order valence-electron chi connectivity index (χ0n) is 14.6. The molecule has 1 saturated heterocycles. The Labute approximate surface area is 144 Å². The van der Waals surface area contributed by atoms with Crippen molar-refractivity contribution in [2.75, 3.05) is 38.2 Å². The van der Waals surface area contributed by atoms with Crippen LogP contribution in [0.4, 0.5) is 5.69 Å². The number of anilines is 1. The van der Waals surface area contributed by atoms with E-state index in [2.05, 4.69) is 21.9 Å². The van der Waals surface area contributed by atoms with Gasteiger partial charge in [-0.2, -0.15) is 0 Å². The molecule has 3 aliphatic rings. The van der Waals surface area contributed by atoms with Crippen LogP contribution in [-0.2, 0) is 4.79 Å². The lowest BCUT2D eigenvalue weighted by Gasteiger charge is -2.37. The molecular weight excluding hydrogens is 300 g/mol. The Kier molecular flexibility index (Phi) is 4.38. The van der Waals surface area contributed by atoms with Crippen LogP contribution >= 0.6 is 0 Å². The summed E-state index contributed by atoms with van der Waals surface area (Å²) in [6.07, 6.45) is 6.28. The summed E-state index contributed by atoms with van der Waals surface area (Å²) >= 11 is 0. The second-order valence-corrected chi connectivity index (χ2v) is 7.70. The van der Waals surface area contributed by atoms with Gasteiger partial charge in [-0.3, -0.25) is 4.79 Å². The molecule has 2 aliphatic carbocycles. The number of hydrogen-bond donors (Lipinski definition) is 0. The van der Waals surface area contributed by atoms with Gasteiger partial charge in [-0.1, -0.05) is 6.42 Å². The van der Waals surface area contributed by atoms with E-state index in [9.17, 15) is 4.79 Å². The molecule has 3 atom stereocenters. The smallest absolute Gasteiger partial charge is 0.222 e. The predicted octanol–water partition coefficient (Wildman–Crippen LogP) is 3.17. The van der Waals surface area contributed by atoms with Crippen molar-refractivity contribution in [3.63, 3.8) is 0 Å². The molecule has 2 saturated carbocycles. The molecule has 1 aliphatic heterocycles. The standard InChI is InChI=1S/C20H28N2O2/c1-24-19-6-4-18(5-7-19)21-8-10-22(11-9-21)20(23)14-17-13-15-2-3-16(17)12-15/h4-7,15-17H,2-3,8-14H2,1H3/t15-,16-,17-/m1/s1. The third-order valence-electron chi connectivity index (χ3n) is 6.39. The molecule has 4 heteroatoms. The second-order valence-electron chi connectivity index (χ2n) is 7.70. The number of carbonyl (C=O) groups is 1. The van der Waals surface area contributed by atoms with Gasteiger partial charge in [-0.05, 0) is 61.3 Å². The van der Waals surface area contributed by atoms with E-state index in [-0.39, 0.29) is 0 Å². The summed E-state index contributed by atoms with van der Waals surface area (Å²) in [4.78, 5) is 17.1. The third-order valence-corrected chi connectivity index (χ3v) is 6.39. The van der Waals surface area contributed by atoms with Crippen molar-refractivity contribution >= 4 is 11.6 Å². The van der Waals surface area contributed by atoms with Crippen LogP contribution in [0.5, 0.6) is 5.75 Å². The van der Waals surface area contributed by atoms with E-state index in [1.807, 2.05) is 12.1 Å². The summed E-state index contributed by atoms with van der Waals surface area (Å²) in [6, 6.07) is 8.21. The molecule has 4 rings (SSSR count). The number of hydrogen-bond acceptors (Lipinski definition) is 3. The minimum absolute atomic E-state index is 0.391. The number of methoxy groups -OCH3 is 1. The van der Waals surface area contributed by atoms with Crippen molar-refractivity contribution in [3.05, 3.63) is 24.3 Å². The van der Waals surface area contributed by atoms with Crippen LogP contribution < -0.4 is 9.64 Å². The number of rotatable bonds is 4.